The normalized spacial score (nSPS) is 21.2. The van der Waals surface area contributed by atoms with Crippen molar-refractivity contribution in [3.8, 4) is 11.1 Å². The van der Waals surface area contributed by atoms with Gasteiger partial charge in [-0.05, 0) is 61.8 Å². The number of likely N-dealkylation sites (tertiary alicyclic amines) is 1. The largest absolute Gasteiger partial charge is 0.354 e. The molecule has 1 saturated carbocycles. The van der Waals surface area contributed by atoms with Crippen LogP contribution in [0.15, 0.2) is 24.5 Å². The Hall–Kier alpha value is -3.62. The van der Waals surface area contributed by atoms with Crippen molar-refractivity contribution in [2.75, 3.05) is 6.54 Å². The van der Waals surface area contributed by atoms with Crippen LogP contribution in [0.4, 0.5) is 0 Å². The minimum Gasteiger partial charge on any atom is -0.354 e. The van der Waals surface area contributed by atoms with Gasteiger partial charge in [-0.1, -0.05) is 46.0 Å². The van der Waals surface area contributed by atoms with Crippen LogP contribution < -0.4 is 5.32 Å². The van der Waals surface area contributed by atoms with Gasteiger partial charge in [-0.25, -0.2) is 9.97 Å². The number of nitrogens with zero attached hydrogens (tertiary/aromatic N) is 5. The zero-order valence-corrected chi connectivity index (χ0v) is 25.0. The van der Waals surface area contributed by atoms with E-state index in [1.165, 1.54) is 32.6 Å². The second-order valence-electron chi connectivity index (χ2n) is 12.2. The van der Waals surface area contributed by atoms with Crippen molar-refractivity contribution in [2.45, 2.75) is 105 Å². The highest BCUT2D eigenvalue weighted by Crippen LogP contribution is 2.59. The molecule has 2 aromatic heterocycles. The van der Waals surface area contributed by atoms with E-state index >= 15 is 0 Å². The molecule has 3 heterocycles. The van der Waals surface area contributed by atoms with E-state index in [-0.39, 0.29) is 35.6 Å². The predicted octanol–water partition coefficient (Wildman–Crippen LogP) is 5.17. The predicted molar refractivity (Wildman–Crippen MR) is 158 cm³/mol. The molecular formula is C32H42N6O3. The number of carbonyl (C=O) groups excluding carboxylic acids is 3. The van der Waals surface area contributed by atoms with Crippen LogP contribution in [-0.2, 0) is 16.1 Å². The molecule has 2 aliphatic rings. The van der Waals surface area contributed by atoms with Crippen LogP contribution in [0.2, 0.25) is 0 Å². The fourth-order valence-corrected chi connectivity index (χ4v) is 6.41. The third kappa shape index (κ3) is 5.90. The van der Waals surface area contributed by atoms with E-state index in [1.807, 2.05) is 26.0 Å². The van der Waals surface area contributed by atoms with E-state index in [1.54, 1.807) is 22.0 Å². The van der Waals surface area contributed by atoms with Gasteiger partial charge in [0, 0.05) is 42.9 Å². The molecular weight excluding hydrogens is 516 g/mol. The van der Waals surface area contributed by atoms with Crippen molar-refractivity contribution in [1.29, 1.82) is 0 Å². The molecule has 1 N–H and O–H groups in total. The lowest BCUT2D eigenvalue weighted by Gasteiger charge is -2.27. The number of piperidine rings is 1. The average molecular weight is 559 g/mol. The molecule has 41 heavy (non-hydrogen) atoms. The first kappa shape index (κ1) is 28.9. The van der Waals surface area contributed by atoms with Crippen LogP contribution in [0.3, 0.4) is 0 Å². The summed E-state index contributed by atoms with van der Waals surface area (Å²) in [6.45, 7) is 10.3. The zero-order chi connectivity index (χ0) is 29.3. The van der Waals surface area contributed by atoms with Gasteiger partial charge >= 0.3 is 0 Å². The van der Waals surface area contributed by atoms with Gasteiger partial charge in [-0.15, -0.1) is 0 Å². The van der Waals surface area contributed by atoms with Crippen LogP contribution in [0.1, 0.15) is 94.0 Å². The second-order valence-corrected chi connectivity index (χ2v) is 12.2. The summed E-state index contributed by atoms with van der Waals surface area (Å²) in [6.07, 6.45) is 12.1. The third-order valence-corrected chi connectivity index (χ3v) is 8.82. The Kier molecular flexibility index (Phi) is 8.25. The lowest BCUT2D eigenvalue weighted by atomic mass is 10.0. The van der Waals surface area contributed by atoms with Gasteiger partial charge in [0.15, 0.2) is 5.78 Å². The first-order valence-corrected chi connectivity index (χ1v) is 15.0. The van der Waals surface area contributed by atoms with E-state index in [9.17, 15) is 14.4 Å². The molecule has 0 radical (unpaired) electrons. The van der Waals surface area contributed by atoms with Gasteiger partial charge in [-0.2, -0.15) is 5.10 Å². The lowest BCUT2D eigenvalue weighted by molar-refractivity contribution is -0.140. The van der Waals surface area contributed by atoms with Crippen molar-refractivity contribution in [3.63, 3.8) is 0 Å². The minimum absolute atomic E-state index is 0.00449. The molecule has 5 rings (SSSR count). The van der Waals surface area contributed by atoms with Crippen LogP contribution in [0.5, 0.6) is 0 Å². The maximum atomic E-state index is 13.8. The summed E-state index contributed by atoms with van der Waals surface area (Å²) in [5.74, 6) is 0.327. The molecule has 1 aliphatic heterocycles. The average Bonchev–Trinajstić information content (AvgIpc) is 3.29. The topological polar surface area (TPSA) is 110 Å². The number of hydrogen-bond acceptors (Lipinski definition) is 6. The van der Waals surface area contributed by atoms with E-state index in [0.717, 1.165) is 41.5 Å². The van der Waals surface area contributed by atoms with Gasteiger partial charge in [0.05, 0.1) is 5.52 Å². The molecule has 1 aliphatic carbocycles. The number of aryl methyl sites for hydroxylation is 2. The second kappa shape index (κ2) is 11.7. The Morgan fingerprint density at radius 2 is 1.71 bits per heavy atom. The molecule has 0 unspecified atom stereocenters. The van der Waals surface area contributed by atoms with Crippen LogP contribution in [0.25, 0.3) is 22.0 Å². The Labute approximate surface area is 242 Å². The number of unbranched alkanes of at least 4 members (excludes halogenated alkanes) is 5. The van der Waals surface area contributed by atoms with E-state index in [0.29, 0.717) is 29.9 Å². The highest BCUT2D eigenvalue weighted by Gasteiger charge is 2.64. The van der Waals surface area contributed by atoms with Crippen molar-refractivity contribution in [2.24, 2.45) is 5.41 Å². The summed E-state index contributed by atoms with van der Waals surface area (Å²) >= 11 is 0. The standard InChI is InChI=1S/C32H42N6O3/c1-6-7-8-9-10-11-12-33-31(41)26-15-32(5)16-27(32)38(26)28(40)19-37-30-20(2)13-23(24-17-34-22(4)35-18-24)14-25(30)29(36-37)21(3)39/h13-14,17-18,26-27H,6-12,15-16,19H2,1-5H3,(H,33,41)/t26-,27+,32-/m0/s1. The number of nitrogens with one attached hydrogen (secondary N) is 1. The zero-order valence-electron chi connectivity index (χ0n) is 25.0. The Bertz CT molecular complexity index is 1460. The summed E-state index contributed by atoms with van der Waals surface area (Å²) in [6, 6.07) is 3.54. The summed E-state index contributed by atoms with van der Waals surface area (Å²) in [5.41, 5.74) is 3.71. The van der Waals surface area contributed by atoms with E-state index in [2.05, 4.69) is 34.2 Å². The van der Waals surface area contributed by atoms with Crippen molar-refractivity contribution >= 4 is 28.5 Å². The number of Topliss-reactive ketones (excluding diaryl/α,β-unsaturated/α-hetero) is 1. The Morgan fingerprint density at radius 3 is 2.41 bits per heavy atom. The van der Waals surface area contributed by atoms with Crippen LogP contribution >= 0.6 is 0 Å². The van der Waals surface area contributed by atoms with Gasteiger partial charge in [0.2, 0.25) is 11.8 Å². The van der Waals surface area contributed by atoms with Gasteiger partial charge < -0.3 is 10.2 Å². The fraction of sp³-hybridized carbons (Fsp3) is 0.562. The Balaban J connectivity index is 1.34. The van der Waals surface area contributed by atoms with Crippen LogP contribution in [0, 0.1) is 19.3 Å². The lowest BCUT2D eigenvalue weighted by Crippen LogP contribution is -2.49. The summed E-state index contributed by atoms with van der Waals surface area (Å²) < 4.78 is 1.64. The SMILES string of the molecule is CCCCCCCCNC(=O)[C@@H]1C[C@@]2(C)C[C@H]2N1C(=O)Cn1nc(C(C)=O)c2cc(-c3cnc(C)nc3)cc(C)c21. The monoisotopic (exact) mass is 558 g/mol. The fourth-order valence-electron chi connectivity index (χ4n) is 6.41. The van der Waals surface area contributed by atoms with E-state index in [4.69, 9.17) is 0 Å². The quantitative estimate of drug-likeness (QED) is 0.243. The highest BCUT2D eigenvalue weighted by atomic mass is 16.2. The first-order chi connectivity index (χ1) is 19.6. The molecule has 0 bridgehead atoms. The number of rotatable bonds is 12. The first-order valence-electron chi connectivity index (χ1n) is 15.0. The minimum atomic E-state index is -0.463. The molecule has 3 atom stereocenters. The number of carbonyl (C=O) groups is 3. The van der Waals surface area contributed by atoms with E-state index < -0.39 is 6.04 Å². The Morgan fingerprint density at radius 1 is 1.00 bits per heavy atom. The van der Waals surface area contributed by atoms with Crippen LogP contribution in [-0.4, -0.2) is 60.9 Å². The molecule has 1 saturated heterocycles. The molecule has 2 fully saturated rings. The summed E-state index contributed by atoms with van der Waals surface area (Å²) in [4.78, 5) is 50.1. The van der Waals surface area contributed by atoms with Crippen molar-refractivity contribution in [1.82, 2.24) is 30.0 Å². The smallest absolute Gasteiger partial charge is 0.245 e. The van der Waals surface area contributed by atoms with Gasteiger partial charge in [-0.3, -0.25) is 19.1 Å². The van der Waals surface area contributed by atoms with Crippen molar-refractivity contribution < 1.29 is 14.4 Å². The number of benzene rings is 1. The molecule has 3 aromatic rings. The molecule has 218 valence electrons. The van der Waals surface area contributed by atoms with Gasteiger partial charge in [0.25, 0.3) is 0 Å². The number of amides is 2. The molecule has 2 amide bonds. The molecule has 9 nitrogen and oxygen atoms in total. The third-order valence-electron chi connectivity index (χ3n) is 8.82. The molecule has 0 spiro atoms. The maximum absolute atomic E-state index is 13.8. The number of ketones is 1. The maximum Gasteiger partial charge on any atom is 0.245 e. The molecule has 9 heteroatoms. The number of fused-ring (bicyclic) bond motifs is 2. The molecule has 1 aromatic carbocycles. The number of hydrogen-bond donors (Lipinski definition) is 1. The number of aromatic nitrogens is 4. The van der Waals surface area contributed by atoms with Crippen molar-refractivity contribution in [3.05, 3.63) is 41.6 Å². The van der Waals surface area contributed by atoms with Gasteiger partial charge in [0.1, 0.15) is 24.1 Å². The highest BCUT2D eigenvalue weighted by molar-refractivity contribution is 6.07. The summed E-state index contributed by atoms with van der Waals surface area (Å²) in [7, 11) is 0. The summed E-state index contributed by atoms with van der Waals surface area (Å²) in [5, 5.41) is 8.41.